The van der Waals surface area contributed by atoms with Crippen LogP contribution in [-0.4, -0.2) is 81.5 Å². The van der Waals surface area contributed by atoms with E-state index in [1.165, 1.54) is 5.56 Å². The summed E-state index contributed by atoms with van der Waals surface area (Å²) in [5, 5.41) is 11.1. The lowest BCUT2D eigenvalue weighted by Gasteiger charge is -2.40. The van der Waals surface area contributed by atoms with Crippen molar-refractivity contribution in [1.82, 2.24) is 18.9 Å². The Kier molecular flexibility index (Phi) is 9.77. The second-order valence-corrected chi connectivity index (χ2v) is 14.3. The molecule has 1 fully saturated rings. The molecule has 0 saturated carbocycles. The van der Waals surface area contributed by atoms with Crippen LogP contribution < -0.4 is 14.4 Å². The summed E-state index contributed by atoms with van der Waals surface area (Å²) in [6.45, 7) is 6.24. The summed E-state index contributed by atoms with van der Waals surface area (Å²) < 4.78 is 21.2. The number of anilines is 2. The van der Waals surface area contributed by atoms with Gasteiger partial charge in [-0.3, -0.25) is 19.4 Å². The first-order chi connectivity index (χ1) is 26.3. The number of halogens is 1. The van der Waals surface area contributed by atoms with E-state index in [0.29, 0.717) is 59.4 Å². The van der Waals surface area contributed by atoms with Crippen LogP contribution in [0.3, 0.4) is 0 Å². The van der Waals surface area contributed by atoms with Gasteiger partial charge in [-0.1, -0.05) is 24.3 Å². The Morgan fingerprint density at radius 1 is 0.873 bits per heavy atom. The number of phenolic OH excluding ortho intramolecular Hbond substituents is 1. The minimum absolute atomic E-state index is 0. The fourth-order valence-electron chi connectivity index (χ4n) is 8.00. The van der Waals surface area contributed by atoms with Gasteiger partial charge in [0.2, 0.25) is 6.79 Å². The van der Waals surface area contributed by atoms with E-state index in [1.54, 1.807) is 41.4 Å². The van der Waals surface area contributed by atoms with Crippen molar-refractivity contribution >= 4 is 46.5 Å². The molecular formula is C43H42ClN5O6. The Balaban J connectivity index is 0.00000427. The average Bonchev–Trinajstić information content (AvgIpc) is 3.93. The Morgan fingerprint density at radius 3 is 2.38 bits per heavy atom. The van der Waals surface area contributed by atoms with E-state index < -0.39 is 0 Å². The van der Waals surface area contributed by atoms with Gasteiger partial charge in [0.1, 0.15) is 5.75 Å². The molecule has 282 valence electrons. The summed E-state index contributed by atoms with van der Waals surface area (Å²) in [6.07, 6.45) is 4.53. The number of benzene rings is 4. The molecule has 0 unspecified atom stereocenters. The van der Waals surface area contributed by atoms with Crippen LogP contribution in [0.2, 0.25) is 0 Å². The second-order valence-electron chi connectivity index (χ2n) is 14.3. The number of carbonyl (C=O) groups excluding carboxylic acids is 2. The first-order valence-corrected chi connectivity index (χ1v) is 18.3. The molecule has 0 radical (unpaired) electrons. The zero-order valence-electron chi connectivity index (χ0n) is 30.7. The van der Waals surface area contributed by atoms with Gasteiger partial charge < -0.3 is 33.4 Å². The monoisotopic (exact) mass is 759 g/mol. The van der Waals surface area contributed by atoms with Gasteiger partial charge in [0.05, 0.1) is 30.0 Å². The van der Waals surface area contributed by atoms with Crippen molar-refractivity contribution in [3.63, 3.8) is 0 Å². The largest absolute Gasteiger partial charge is 0.508 e. The molecule has 0 bridgehead atoms. The van der Waals surface area contributed by atoms with E-state index in [0.717, 1.165) is 48.2 Å². The number of fused-ring (bicyclic) bond motifs is 3. The molecule has 0 aliphatic carbocycles. The number of carbonyl (C=O) groups is 2. The summed E-state index contributed by atoms with van der Waals surface area (Å²) in [4.78, 5) is 35.7. The van der Waals surface area contributed by atoms with Crippen LogP contribution in [0.5, 0.6) is 17.2 Å². The van der Waals surface area contributed by atoms with Crippen LogP contribution in [0.15, 0.2) is 103 Å². The highest BCUT2D eigenvalue weighted by Crippen LogP contribution is 2.39. The number of phenols is 1. The third-order valence-electron chi connectivity index (χ3n) is 10.9. The number of amides is 2. The van der Waals surface area contributed by atoms with E-state index in [9.17, 15) is 14.7 Å². The number of rotatable bonds is 7. The highest BCUT2D eigenvalue weighted by atomic mass is 35.5. The molecule has 11 nitrogen and oxygen atoms in total. The van der Waals surface area contributed by atoms with Crippen molar-refractivity contribution in [3.8, 4) is 22.9 Å². The number of hydrogen-bond acceptors (Lipinski definition) is 7. The Hall–Kier alpha value is -5.75. The third-order valence-corrected chi connectivity index (χ3v) is 10.9. The first kappa shape index (κ1) is 36.2. The minimum Gasteiger partial charge on any atom is -0.508 e. The van der Waals surface area contributed by atoms with E-state index in [1.807, 2.05) is 76.7 Å². The van der Waals surface area contributed by atoms with Crippen molar-refractivity contribution in [2.45, 2.75) is 25.9 Å². The zero-order chi connectivity index (χ0) is 36.9. The molecule has 1 saturated heterocycles. The summed E-state index contributed by atoms with van der Waals surface area (Å²) in [6, 6.07) is 28.3. The van der Waals surface area contributed by atoms with Gasteiger partial charge in [-0.05, 0) is 85.1 Å². The standard InChI is InChI=1S/C43H41N5O6.ClH/c1-28-19-32(42(50)48(33-7-10-36(49)11-8-33)34-9-12-38-30(21-34)13-14-44(38)2)25-46(28)39-23-41-40(53-27-54-41)22-37(39)43(51)47-24-31-6-4-3-5-29(31)20-35(47)26-45-15-17-52-18-16-45;/h3-14,19,21-23,25,35,49H,15-18,20,24,26-27H2,1-2H3;1H/t35-;/m0./s1. The molecule has 12 heteroatoms. The lowest BCUT2D eigenvalue weighted by Crippen LogP contribution is -2.52. The van der Waals surface area contributed by atoms with Crippen LogP contribution in [0.25, 0.3) is 16.6 Å². The van der Waals surface area contributed by atoms with Crippen LogP contribution in [0.1, 0.15) is 37.5 Å². The molecule has 9 rings (SSSR count). The van der Waals surface area contributed by atoms with Gasteiger partial charge in [-0.25, -0.2) is 0 Å². The third kappa shape index (κ3) is 6.79. The normalized spacial score (nSPS) is 16.5. The van der Waals surface area contributed by atoms with Gasteiger partial charge in [0.15, 0.2) is 11.5 Å². The molecule has 0 spiro atoms. The Morgan fingerprint density at radius 2 is 1.60 bits per heavy atom. The van der Waals surface area contributed by atoms with Crippen LogP contribution >= 0.6 is 12.4 Å². The molecule has 55 heavy (non-hydrogen) atoms. The number of aromatic hydroxyl groups is 1. The van der Waals surface area contributed by atoms with Gasteiger partial charge in [0, 0.05) is 85.7 Å². The molecule has 5 heterocycles. The smallest absolute Gasteiger partial charge is 0.264 e. The van der Waals surface area contributed by atoms with Gasteiger partial charge in [-0.15, -0.1) is 12.4 Å². The molecule has 6 aromatic rings. The molecule has 1 N–H and O–H groups in total. The van der Waals surface area contributed by atoms with Crippen molar-refractivity contribution in [2.24, 2.45) is 7.05 Å². The van der Waals surface area contributed by atoms with Gasteiger partial charge in [0.25, 0.3) is 11.8 Å². The number of aryl methyl sites for hydroxylation is 2. The number of ether oxygens (including phenoxy) is 3. The van der Waals surface area contributed by atoms with E-state index in [4.69, 9.17) is 14.2 Å². The van der Waals surface area contributed by atoms with E-state index in [-0.39, 0.29) is 42.8 Å². The Labute approximate surface area is 325 Å². The molecule has 1 atom stereocenters. The maximum absolute atomic E-state index is 15.0. The average molecular weight is 760 g/mol. The maximum Gasteiger partial charge on any atom is 0.264 e. The first-order valence-electron chi connectivity index (χ1n) is 18.3. The fourth-order valence-corrected chi connectivity index (χ4v) is 8.00. The van der Waals surface area contributed by atoms with Crippen molar-refractivity contribution in [3.05, 3.63) is 131 Å². The topological polar surface area (TPSA) is 102 Å². The van der Waals surface area contributed by atoms with Crippen molar-refractivity contribution in [2.75, 3.05) is 44.5 Å². The number of nitrogens with zero attached hydrogens (tertiary/aromatic N) is 5. The highest BCUT2D eigenvalue weighted by molar-refractivity contribution is 6.12. The SMILES string of the molecule is Cc1cc(C(=O)N(c2ccc(O)cc2)c2ccc3c(ccn3C)c2)cn1-c1cc2c(cc1C(=O)N1Cc3ccccc3C[C@H]1CN1CCOCC1)OCO2.Cl. The summed E-state index contributed by atoms with van der Waals surface area (Å²) >= 11 is 0. The highest BCUT2D eigenvalue weighted by Gasteiger charge is 2.35. The number of hydrogen-bond donors (Lipinski definition) is 1. The molecule has 2 aromatic heterocycles. The Bertz CT molecular complexity index is 2400. The summed E-state index contributed by atoms with van der Waals surface area (Å²) in [7, 11) is 1.99. The molecule has 2 amide bonds. The predicted octanol–water partition coefficient (Wildman–Crippen LogP) is 7.01. The van der Waals surface area contributed by atoms with Crippen LogP contribution in [0, 0.1) is 6.92 Å². The predicted molar refractivity (Wildman–Crippen MR) is 212 cm³/mol. The quantitative estimate of drug-likeness (QED) is 0.187. The maximum atomic E-state index is 15.0. The molecule has 4 aromatic carbocycles. The molecular weight excluding hydrogens is 718 g/mol. The minimum atomic E-state index is -0.260. The van der Waals surface area contributed by atoms with Gasteiger partial charge >= 0.3 is 0 Å². The van der Waals surface area contributed by atoms with E-state index >= 15 is 0 Å². The van der Waals surface area contributed by atoms with Gasteiger partial charge in [-0.2, -0.15) is 0 Å². The summed E-state index contributed by atoms with van der Waals surface area (Å²) in [5.74, 6) is 0.790. The second kappa shape index (κ2) is 14.8. The molecule has 3 aliphatic heterocycles. The van der Waals surface area contributed by atoms with Crippen molar-refractivity contribution in [1.29, 1.82) is 0 Å². The number of morpholine rings is 1. The van der Waals surface area contributed by atoms with Crippen molar-refractivity contribution < 1.29 is 28.9 Å². The lowest BCUT2D eigenvalue weighted by molar-refractivity contribution is 0.0192. The zero-order valence-corrected chi connectivity index (χ0v) is 31.5. The van der Waals surface area contributed by atoms with Crippen LogP contribution in [0.4, 0.5) is 11.4 Å². The number of aromatic nitrogens is 2. The fraction of sp³-hybridized carbons (Fsp3) is 0.256. The van der Waals surface area contributed by atoms with E-state index in [2.05, 4.69) is 23.1 Å². The van der Waals surface area contributed by atoms with Crippen LogP contribution in [-0.2, 0) is 24.8 Å². The summed E-state index contributed by atoms with van der Waals surface area (Å²) in [5.41, 5.74) is 7.01. The lowest BCUT2D eigenvalue weighted by atomic mass is 9.92. The molecule has 3 aliphatic rings.